The minimum atomic E-state index is -1.14. The molecular weight excluding hydrogens is 561 g/mol. The van der Waals surface area contributed by atoms with Gasteiger partial charge < -0.3 is 10.0 Å². The molecule has 0 spiro atoms. The number of thioether (sulfide) groups is 1. The van der Waals surface area contributed by atoms with E-state index >= 15 is 0 Å². The highest BCUT2D eigenvalue weighted by atomic mass is 32.2. The third-order valence-electron chi connectivity index (χ3n) is 9.84. The van der Waals surface area contributed by atoms with Gasteiger partial charge in [-0.2, -0.15) is 5.26 Å². The number of nitrogens with zero attached hydrogens (tertiary/aromatic N) is 2. The third-order valence-corrected chi connectivity index (χ3v) is 11.2. The second-order valence-electron chi connectivity index (χ2n) is 12.3. The zero-order chi connectivity index (χ0) is 30.0. The van der Waals surface area contributed by atoms with E-state index < -0.39 is 5.97 Å². The van der Waals surface area contributed by atoms with Crippen molar-refractivity contribution in [3.8, 4) is 6.07 Å². The molecule has 7 rings (SSSR count). The Morgan fingerprint density at radius 1 is 0.909 bits per heavy atom. The molecule has 5 heteroatoms. The maximum atomic E-state index is 11.3. The summed E-state index contributed by atoms with van der Waals surface area (Å²) in [4.78, 5) is 15.4. The van der Waals surface area contributed by atoms with Gasteiger partial charge in [0, 0.05) is 22.9 Å². The smallest absolute Gasteiger partial charge is 0.346 e. The Morgan fingerprint density at radius 2 is 1.61 bits per heavy atom. The fourth-order valence-electron chi connectivity index (χ4n) is 7.90. The molecule has 0 aromatic heterocycles. The molecule has 1 N–H and O–H groups in total. The van der Waals surface area contributed by atoms with Crippen molar-refractivity contribution in [1.29, 1.82) is 5.26 Å². The topological polar surface area (TPSA) is 64.3 Å². The molecule has 4 nitrogen and oxygen atoms in total. The second-order valence-corrected chi connectivity index (χ2v) is 13.6. The predicted molar refractivity (Wildman–Crippen MR) is 180 cm³/mol. The van der Waals surface area contributed by atoms with E-state index in [1.807, 2.05) is 6.07 Å². The van der Waals surface area contributed by atoms with E-state index in [2.05, 4.69) is 114 Å². The van der Waals surface area contributed by atoms with Gasteiger partial charge in [0.2, 0.25) is 0 Å². The summed E-state index contributed by atoms with van der Waals surface area (Å²) in [5.41, 5.74) is 6.01. The van der Waals surface area contributed by atoms with Gasteiger partial charge in [-0.05, 0) is 89.0 Å². The first kappa shape index (κ1) is 28.5. The summed E-state index contributed by atoms with van der Waals surface area (Å²) in [6.45, 7) is 0. The molecule has 4 aliphatic rings. The highest BCUT2D eigenvalue weighted by Crippen LogP contribution is 2.53. The average molecular weight is 597 g/mol. The Kier molecular flexibility index (Phi) is 8.02. The number of carboxylic acids is 1. The van der Waals surface area contributed by atoms with Crippen LogP contribution in [0.5, 0.6) is 0 Å². The monoisotopic (exact) mass is 596 g/mol. The van der Waals surface area contributed by atoms with Gasteiger partial charge in [-0.15, -0.1) is 11.8 Å². The molecular formula is C39H36N2O2S. The summed E-state index contributed by atoms with van der Waals surface area (Å²) in [6, 6.07) is 33.2. The largest absolute Gasteiger partial charge is 0.477 e. The number of anilines is 1. The number of hydrogen-bond donors (Lipinski definition) is 1. The van der Waals surface area contributed by atoms with Crippen molar-refractivity contribution in [2.45, 2.75) is 49.4 Å². The van der Waals surface area contributed by atoms with Gasteiger partial charge in [0.05, 0.1) is 6.04 Å². The lowest BCUT2D eigenvalue weighted by Gasteiger charge is -2.35. The standard InChI is InChI=1S/C39H36N2O2S/c40-25-30(39(42)43)23-32-19-21-38(44-32)29-16-20-37-35(24-29)33-12-7-13-36(33)41(37)31-17-14-26(15-18-31)22-34(27-8-3-1-4-9-27)28-10-5-2-6-11-28/h1-6,8-11,14-18,20-23,29,32-33,35-37H,7,12-13,19,24H2,(H,42,43)/b30-23+. The summed E-state index contributed by atoms with van der Waals surface area (Å²) in [5, 5.41) is 18.5. The lowest BCUT2D eigenvalue weighted by Crippen LogP contribution is -2.37. The van der Waals surface area contributed by atoms with Crippen LogP contribution in [0.3, 0.4) is 0 Å². The average Bonchev–Trinajstić information content (AvgIpc) is 3.80. The number of allylic oxidation sites excluding steroid dienone is 3. The Balaban J connectivity index is 1.12. The molecule has 3 aromatic rings. The van der Waals surface area contributed by atoms with Crippen molar-refractivity contribution in [3.05, 3.63) is 136 Å². The minimum Gasteiger partial charge on any atom is -0.477 e. The summed E-state index contributed by atoms with van der Waals surface area (Å²) < 4.78 is 0. The van der Waals surface area contributed by atoms with Gasteiger partial charge in [0.1, 0.15) is 11.6 Å². The number of nitriles is 1. The molecule has 1 saturated heterocycles. The Bertz CT molecular complexity index is 1640. The van der Waals surface area contributed by atoms with Crippen LogP contribution in [0.4, 0.5) is 5.69 Å². The molecule has 6 unspecified atom stereocenters. The van der Waals surface area contributed by atoms with Crippen LogP contribution in [0.15, 0.2) is 120 Å². The summed E-state index contributed by atoms with van der Waals surface area (Å²) >= 11 is 1.74. The molecule has 3 aromatic carbocycles. The molecule has 6 atom stereocenters. The first-order valence-electron chi connectivity index (χ1n) is 15.7. The van der Waals surface area contributed by atoms with Crippen molar-refractivity contribution in [2.24, 2.45) is 17.8 Å². The molecule has 2 aliphatic carbocycles. The van der Waals surface area contributed by atoms with Crippen molar-refractivity contribution < 1.29 is 9.90 Å². The van der Waals surface area contributed by atoms with Crippen LogP contribution in [0.2, 0.25) is 0 Å². The zero-order valence-corrected chi connectivity index (χ0v) is 25.4. The summed E-state index contributed by atoms with van der Waals surface area (Å²) in [5.74, 6) is 0.551. The van der Waals surface area contributed by atoms with Crippen LogP contribution in [0.25, 0.3) is 11.6 Å². The maximum absolute atomic E-state index is 11.3. The fourth-order valence-corrected chi connectivity index (χ4v) is 9.19. The third kappa shape index (κ3) is 5.55. The van der Waals surface area contributed by atoms with Crippen molar-refractivity contribution in [2.75, 3.05) is 4.90 Å². The van der Waals surface area contributed by atoms with Crippen molar-refractivity contribution in [1.82, 2.24) is 0 Å². The number of rotatable bonds is 7. The van der Waals surface area contributed by atoms with Crippen LogP contribution in [0.1, 0.15) is 48.8 Å². The number of hydrogen-bond acceptors (Lipinski definition) is 4. The lowest BCUT2D eigenvalue weighted by molar-refractivity contribution is -0.132. The fraction of sp³-hybridized carbons (Fsp3) is 0.282. The van der Waals surface area contributed by atoms with E-state index in [9.17, 15) is 15.2 Å². The van der Waals surface area contributed by atoms with Crippen LogP contribution in [0, 0.1) is 29.1 Å². The minimum absolute atomic E-state index is 0.0260. The molecule has 2 fully saturated rings. The van der Waals surface area contributed by atoms with Crippen molar-refractivity contribution in [3.63, 3.8) is 0 Å². The van der Waals surface area contributed by atoms with Gasteiger partial charge in [-0.3, -0.25) is 0 Å². The van der Waals surface area contributed by atoms with E-state index in [-0.39, 0.29) is 10.8 Å². The molecule has 1 saturated carbocycles. The summed E-state index contributed by atoms with van der Waals surface area (Å²) in [7, 11) is 0. The molecule has 2 aliphatic heterocycles. The first-order chi connectivity index (χ1) is 21.6. The lowest BCUT2D eigenvalue weighted by atomic mass is 9.77. The van der Waals surface area contributed by atoms with E-state index in [0.717, 1.165) is 12.8 Å². The number of aliphatic carboxylic acids is 1. The predicted octanol–water partition coefficient (Wildman–Crippen LogP) is 8.75. The van der Waals surface area contributed by atoms with E-state index in [4.69, 9.17) is 0 Å². The molecule has 44 heavy (non-hydrogen) atoms. The van der Waals surface area contributed by atoms with Crippen LogP contribution >= 0.6 is 11.8 Å². The highest BCUT2D eigenvalue weighted by Gasteiger charge is 2.51. The number of carboxylic acid groups (broad SMARTS) is 1. The quantitative estimate of drug-likeness (QED) is 0.128. The molecule has 0 radical (unpaired) electrons. The van der Waals surface area contributed by atoms with Gasteiger partial charge in [-0.25, -0.2) is 4.79 Å². The van der Waals surface area contributed by atoms with Crippen LogP contribution in [-0.2, 0) is 4.79 Å². The molecule has 0 bridgehead atoms. The van der Waals surface area contributed by atoms with Gasteiger partial charge in [-0.1, -0.05) is 97.4 Å². The van der Waals surface area contributed by atoms with Crippen molar-refractivity contribution >= 4 is 35.1 Å². The number of fused-ring (bicyclic) bond motifs is 3. The molecule has 220 valence electrons. The SMILES string of the molecule is N#C/C(=C\C1CC=C(C2C=CC3C(C2)C2CCCC2N3c2ccc(C=C(c3ccccc3)c3ccccc3)cc2)S1)C(=O)O. The Morgan fingerprint density at radius 3 is 2.27 bits per heavy atom. The Hall–Kier alpha value is -4.27. The number of benzene rings is 3. The second kappa shape index (κ2) is 12.4. The van der Waals surface area contributed by atoms with E-state index in [1.54, 1.807) is 17.8 Å². The van der Waals surface area contributed by atoms with Crippen LogP contribution < -0.4 is 4.90 Å². The van der Waals surface area contributed by atoms with Crippen LogP contribution in [-0.4, -0.2) is 28.4 Å². The summed E-state index contributed by atoms with van der Waals surface area (Å²) in [6.07, 6.45) is 16.8. The first-order valence-corrected chi connectivity index (χ1v) is 16.6. The van der Waals surface area contributed by atoms with Gasteiger partial charge in [0.15, 0.2) is 0 Å². The van der Waals surface area contributed by atoms with Gasteiger partial charge in [0.25, 0.3) is 0 Å². The maximum Gasteiger partial charge on any atom is 0.346 e. The van der Waals surface area contributed by atoms with E-state index in [0.29, 0.717) is 29.8 Å². The van der Waals surface area contributed by atoms with Gasteiger partial charge >= 0.3 is 5.97 Å². The normalized spacial score (nSPS) is 27.3. The molecule has 2 heterocycles. The molecule has 0 amide bonds. The zero-order valence-electron chi connectivity index (χ0n) is 24.6. The Labute approximate surface area is 264 Å². The van der Waals surface area contributed by atoms with E-state index in [1.165, 1.54) is 52.1 Å². The highest BCUT2D eigenvalue weighted by molar-refractivity contribution is 8.04. The number of carbonyl (C=O) groups is 1.